The normalized spacial score (nSPS) is 17.2. The predicted octanol–water partition coefficient (Wildman–Crippen LogP) is 3.23. The summed E-state index contributed by atoms with van der Waals surface area (Å²) in [6, 6.07) is 10.7. The van der Waals surface area contributed by atoms with Crippen LogP contribution in [0, 0.1) is 0 Å². The van der Waals surface area contributed by atoms with E-state index in [9.17, 15) is 0 Å². The van der Waals surface area contributed by atoms with E-state index in [-0.39, 0.29) is 10.9 Å². The maximum absolute atomic E-state index is 2.31. The van der Waals surface area contributed by atoms with Crippen LogP contribution in [0.5, 0.6) is 0 Å². The molecule has 1 heteroatoms. The van der Waals surface area contributed by atoms with Crippen molar-refractivity contribution in [2.75, 3.05) is 0 Å². The van der Waals surface area contributed by atoms with E-state index in [4.69, 9.17) is 0 Å². The molecule has 0 atom stereocenters. The van der Waals surface area contributed by atoms with Gasteiger partial charge in [-0.1, -0.05) is 42.5 Å². The fraction of sp³-hybridized carbons (Fsp3) is 0.0909. The molecule has 1 aliphatic heterocycles. The first kappa shape index (κ1) is 7.69. The number of thiol groups is 1. The first-order valence-electron chi connectivity index (χ1n) is 4.10. The van der Waals surface area contributed by atoms with Gasteiger partial charge in [-0.05, 0) is 16.4 Å². The molecule has 2 rings (SSSR count). The van der Waals surface area contributed by atoms with Crippen LogP contribution in [0.15, 0.2) is 53.3 Å². The molecule has 1 aliphatic rings. The Hall–Kier alpha value is -0.950. The molecule has 0 saturated heterocycles. The van der Waals surface area contributed by atoms with Gasteiger partial charge in [0.15, 0.2) is 0 Å². The SMILES string of the molecule is C1=C[SH](Cc2ccccc2)C=C1. The van der Waals surface area contributed by atoms with Crippen molar-refractivity contribution in [1.82, 2.24) is 0 Å². The van der Waals surface area contributed by atoms with Gasteiger partial charge in [-0.3, -0.25) is 0 Å². The Labute approximate surface area is 76.0 Å². The van der Waals surface area contributed by atoms with Crippen LogP contribution in [0.2, 0.25) is 0 Å². The standard InChI is InChI=1S/C11H12S/c1-2-6-11(7-3-1)10-12-8-4-5-9-12/h1-9,12H,10H2. The maximum Gasteiger partial charge on any atom is 0.00669 e. The van der Waals surface area contributed by atoms with E-state index in [0.717, 1.165) is 0 Å². The molecule has 0 aromatic heterocycles. The van der Waals surface area contributed by atoms with Crippen LogP contribution in [-0.2, 0) is 5.75 Å². The van der Waals surface area contributed by atoms with E-state index < -0.39 is 0 Å². The highest BCUT2D eigenvalue weighted by Crippen LogP contribution is 2.36. The van der Waals surface area contributed by atoms with Crippen molar-refractivity contribution in [3.05, 3.63) is 58.9 Å². The lowest BCUT2D eigenvalue weighted by atomic mass is 10.2. The molecule has 62 valence electrons. The summed E-state index contributed by atoms with van der Waals surface area (Å²) in [6.07, 6.45) is 4.29. The molecular formula is C11H12S. The third-order valence-corrected chi connectivity index (χ3v) is 3.71. The fourth-order valence-corrected chi connectivity index (χ4v) is 2.85. The molecule has 0 fully saturated rings. The molecule has 0 aliphatic carbocycles. The van der Waals surface area contributed by atoms with Gasteiger partial charge in [-0.25, -0.2) is 10.9 Å². The topological polar surface area (TPSA) is 0 Å². The van der Waals surface area contributed by atoms with Crippen LogP contribution in [0.1, 0.15) is 5.56 Å². The van der Waals surface area contributed by atoms with Crippen molar-refractivity contribution >= 4 is 10.9 Å². The first-order valence-corrected chi connectivity index (χ1v) is 5.76. The van der Waals surface area contributed by atoms with Crippen LogP contribution < -0.4 is 0 Å². The Morgan fingerprint density at radius 2 is 1.58 bits per heavy atom. The second-order valence-electron chi connectivity index (χ2n) is 2.84. The van der Waals surface area contributed by atoms with Crippen molar-refractivity contribution in [2.24, 2.45) is 0 Å². The molecule has 0 spiro atoms. The Balaban J connectivity index is 2.04. The highest BCUT2D eigenvalue weighted by molar-refractivity contribution is 8.21. The van der Waals surface area contributed by atoms with Crippen LogP contribution in [0.4, 0.5) is 0 Å². The Morgan fingerprint density at radius 3 is 2.25 bits per heavy atom. The van der Waals surface area contributed by atoms with Gasteiger partial charge in [-0.2, -0.15) is 0 Å². The van der Waals surface area contributed by atoms with E-state index in [2.05, 4.69) is 53.3 Å². The summed E-state index contributed by atoms with van der Waals surface area (Å²) in [7, 11) is 0.0175. The number of allylic oxidation sites excluding steroid dienone is 2. The minimum absolute atomic E-state index is 0.0175. The van der Waals surface area contributed by atoms with Gasteiger partial charge < -0.3 is 0 Å². The molecule has 1 aromatic carbocycles. The number of benzene rings is 1. The van der Waals surface area contributed by atoms with Gasteiger partial charge in [-0.15, -0.1) is 0 Å². The lowest BCUT2D eigenvalue weighted by Gasteiger charge is -2.08. The highest BCUT2D eigenvalue weighted by Gasteiger charge is 1.99. The smallest absolute Gasteiger partial charge is 0.00669 e. The maximum atomic E-state index is 2.31. The molecular weight excluding hydrogens is 164 g/mol. The van der Waals surface area contributed by atoms with E-state index in [1.165, 1.54) is 11.3 Å². The minimum Gasteiger partial charge on any atom is -0.209 e. The van der Waals surface area contributed by atoms with Crippen LogP contribution in [0.25, 0.3) is 0 Å². The zero-order valence-electron chi connectivity index (χ0n) is 6.85. The second kappa shape index (κ2) is 3.63. The third kappa shape index (κ3) is 1.80. The minimum atomic E-state index is 0.0175. The largest absolute Gasteiger partial charge is 0.209 e. The molecule has 0 saturated carbocycles. The second-order valence-corrected chi connectivity index (χ2v) is 4.78. The summed E-state index contributed by atoms with van der Waals surface area (Å²) in [4.78, 5) is 0. The van der Waals surface area contributed by atoms with E-state index in [1.54, 1.807) is 0 Å². The lowest BCUT2D eigenvalue weighted by Crippen LogP contribution is -1.80. The summed E-state index contributed by atoms with van der Waals surface area (Å²) in [5.41, 5.74) is 1.44. The predicted molar refractivity (Wildman–Crippen MR) is 57.4 cm³/mol. The van der Waals surface area contributed by atoms with Gasteiger partial charge in [0.25, 0.3) is 0 Å². The van der Waals surface area contributed by atoms with Crippen molar-refractivity contribution < 1.29 is 0 Å². The molecule has 12 heavy (non-hydrogen) atoms. The van der Waals surface area contributed by atoms with E-state index >= 15 is 0 Å². The molecule has 0 N–H and O–H groups in total. The fourth-order valence-electron chi connectivity index (χ4n) is 1.27. The summed E-state index contributed by atoms with van der Waals surface area (Å²) in [5.74, 6) is 1.20. The number of rotatable bonds is 2. The average Bonchev–Trinajstić information content (AvgIpc) is 2.59. The van der Waals surface area contributed by atoms with Gasteiger partial charge in [0.1, 0.15) is 0 Å². The molecule has 1 aromatic rings. The van der Waals surface area contributed by atoms with E-state index in [0.29, 0.717) is 0 Å². The van der Waals surface area contributed by atoms with Crippen molar-refractivity contribution in [3.8, 4) is 0 Å². The molecule has 0 bridgehead atoms. The highest BCUT2D eigenvalue weighted by atomic mass is 32.2. The Morgan fingerprint density at radius 1 is 0.917 bits per heavy atom. The summed E-state index contributed by atoms with van der Waals surface area (Å²) >= 11 is 0. The molecule has 1 heterocycles. The number of hydrogen-bond donors (Lipinski definition) is 1. The number of hydrogen-bond acceptors (Lipinski definition) is 0. The average molecular weight is 176 g/mol. The van der Waals surface area contributed by atoms with Gasteiger partial charge >= 0.3 is 0 Å². The lowest BCUT2D eigenvalue weighted by molar-refractivity contribution is 1.42. The van der Waals surface area contributed by atoms with Gasteiger partial charge in [0.2, 0.25) is 0 Å². The molecule has 0 amide bonds. The molecule has 0 nitrogen and oxygen atoms in total. The quantitative estimate of drug-likeness (QED) is 0.657. The van der Waals surface area contributed by atoms with Crippen molar-refractivity contribution in [3.63, 3.8) is 0 Å². The van der Waals surface area contributed by atoms with Crippen LogP contribution in [-0.4, -0.2) is 0 Å². The zero-order chi connectivity index (χ0) is 8.23. The van der Waals surface area contributed by atoms with E-state index in [1.807, 2.05) is 0 Å². The van der Waals surface area contributed by atoms with Crippen LogP contribution in [0.3, 0.4) is 0 Å². The Kier molecular flexibility index (Phi) is 2.33. The zero-order valence-corrected chi connectivity index (χ0v) is 7.74. The summed E-state index contributed by atoms with van der Waals surface area (Å²) in [5, 5.41) is 4.62. The van der Waals surface area contributed by atoms with Crippen LogP contribution >= 0.6 is 10.9 Å². The monoisotopic (exact) mass is 176 g/mol. The third-order valence-electron chi connectivity index (χ3n) is 1.87. The summed E-state index contributed by atoms with van der Waals surface area (Å²) in [6.45, 7) is 0. The Bertz CT molecular complexity index is 286. The van der Waals surface area contributed by atoms with Crippen molar-refractivity contribution in [2.45, 2.75) is 5.75 Å². The first-order chi connectivity index (χ1) is 5.95. The molecule has 0 radical (unpaired) electrons. The van der Waals surface area contributed by atoms with Gasteiger partial charge in [0.05, 0.1) is 0 Å². The van der Waals surface area contributed by atoms with Crippen molar-refractivity contribution in [1.29, 1.82) is 0 Å². The molecule has 0 unspecified atom stereocenters. The van der Waals surface area contributed by atoms with Gasteiger partial charge in [0, 0.05) is 5.75 Å². The summed E-state index contributed by atoms with van der Waals surface area (Å²) < 4.78 is 0.